The molecule has 0 amide bonds. The number of hydrogen-bond acceptors (Lipinski definition) is 3. The second-order valence-electron chi connectivity index (χ2n) is 6.92. The van der Waals surface area contributed by atoms with Crippen molar-refractivity contribution in [2.75, 3.05) is 26.2 Å². The summed E-state index contributed by atoms with van der Waals surface area (Å²) in [6.45, 7) is 9.20. The van der Waals surface area contributed by atoms with Crippen molar-refractivity contribution in [3.05, 3.63) is 65.5 Å². The minimum atomic E-state index is -0.227. The monoisotopic (exact) mass is 428 g/mol. The number of rotatable bonds is 10. The lowest BCUT2D eigenvalue weighted by Crippen LogP contribution is -2.33. The van der Waals surface area contributed by atoms with Gasteiger partial charge in [0.1, 0.15) is 18.2 Å². The van der Waals surface area contributed by atoms with Gasteiger partial charge in [-0.25, -0.2) is 4.39 Å². The number of nitrogens with zero attached hydrogens (tertiary/aromatic N) is 1. The van der Waals surface area contributed by atoms with Crippen molar-refractivity contribution < 1.29 is 9.13 Å². The summed E-state index contributed by atoms with van der Waals surface area (Å²) in [6.07, 6.45) is 1.21. The zero-order valence-electron chi connectivity index (χ0n) is 16.6. The highest BCUT2D eigenvalue weighted by atomic mass is 35.5. The molecule has 1 N–H and O–H groups in total. The quantitative estimate of drug-likeness (QED) is 0.573. The highest BCUT2D eigenvalue weighted by Gasteiger charge is 2.37. The van der Waals surface area contributed by atoms with Gasteiger partial charge in [0.2, 0.25) is 0 Å². The predicted octanol–water partition coefficient (Wildman–Crippen LogP) is 5.04. The Hall–Kier alpha value is -1.33. The van der Waals surface area contributed by atoms with Crippen molar-refractivity contribution in [2.45, 2.75) is 38.8 Å². The Kier molecular flexibility index (Phi) is 10.8. The number of benzene rings is 2. The highest BCUT2D eigenvalue weighted by molar-refractivity contribution is 5.85. The molecule has 28 heavy (non-hydrogen) atoms. The molecule has 0 saturated heterocycles. The third-order valence-electron chi connectivity index (χ3n) is 5.12. The summed E-state index contributed by atoms with van der Waals surface area (Å²) in [5.74, 6) is 1.21. The molecule has 2 aromatic carbocycles. The summed E-state index contributed by atoms with van der Waals surface area (Å²) < 4.78 is 18.9. The van der Waals surface area contributed by atoms with Crippen LogP contribution in [0.25, 0.3) is 0 Å². The molecule has 3 nitrogen and oxygen atoms in total. The summed E-state index contributed by atoms with van der Waals surface area (Å²) in [4.78, 5) is 2.44. The molecule has 2 aromatic rings. The average molecular weight is 429 g/mol. The summed E-state index contributed by atoms with van der Waals surface area (Å²) in [6, 6.07) is 15.5. The van der Waals surface area contributed by atoms with Crippen LogP contribution in [0.15, 0.2) is 48.5 Å². The van der Waals surface area contributed by atoms with E-state index in [1.165, 1.54) is 24.1 Å². The molecule has 0 heterocycles. The number of halogens is 3. The summed E-state index contributed by atoms with van der Waals surface area (Å²) in [5.41, 5.74) is 2.21. The fraction of sp³-hybridized carbons (Fsp3) is 0.455. The van der Waals surface area contributed by atoms with Gasteiger partial charge < -0.3 is 15.0 Å². The Balaban J connectivity index is 0.00000196. The van der Waals surface area contributed by atoms with Crippen molar-refractivity contribution in [3.8, 4) is 5.75 Å². The molecule has 0 aliphatic heterocycles. The lowest BCUT2D eigenvalue weighted by molar-refractivity contribution is 0.302. The summed E-state index contributed by atoms with van der Waals surface area (Å²) >= 11 is 0. The molecule has 0 bridgehead atoms. The maximum absolute atomic E-state index is 13.2. The summed E-state index contributed by atoms with van der Waals surface area (Å²) in [5, 5.41) is 3.66. The maximum atomic E-state index is 13.2. The normalized spacial score (nSPS) is 17.6. The molecular weight excluding hydrogens is 398 g/mol. The van der Waals surface area contributed by atoms with Crippen molar-refractivity contribution >= 4 is 24.8 Å². The fourth-order valence-electron chi connectivity index (χ4n) is 3.34. The molecule has 6 heteroatoms. The highest BCUT2D eigenvalue weighted by Crippen LogP contribution is 2.41. The van der Waals surface area contributed by atoms with Crippen LogP contribution >= 0.6 is 24.8 Å². The number of ether oxygens (including phenoxy) is 1. The van der Waals surface area contributed by atoms with Gasteiger partial charge >= 0.3 is 0 Å². The molecule has 156 valence electrons. The fourth-order valence-corrected chi connectivity index (χ4v) is 3.34. The third kappa shape index (κ3) is 7.25. The first-order chi connectivity index (χ1) is 12.7. The van der Waals surface area contributed by atoms with Gasteiger partial charge in [-0.3, -0.25) is 0 Å². The van der Waals surface area contributed by atoms with Crippen molar-refractivity contribution in [2.24, 2.45) is 0 Å². The first-order valence-corrected chi connectivity index (χ1v) is 9.62. The van der Waals surface area contributed by atoms with E-state index in [1.807, 2.05) is 18.2 Å². The van der Waals surface area contributed by atoms with Gasteiger partial charge in [-0.15, -0.1) is 24.8 Å². The standard InChI is InChI=1S/C22H29FN2O.2ClH/c1-3-25(4-2)13-12-24-22-15-21(22)18-8-10-20(11-9-18)26-16-17-6-5-7-19(23)14-17;;/h5-11,14,21-22,24H,3-4,12-13,15-16H2,1-2H3;2*1H. The maximum Gasteiger partial charge on any atom is 0.123 e. The van der Waals surface area contributed by atoms with Crippen molar-refractivity contribution in [1.82, 2.24) is 10.2 Å². The molecule has 2 atom stereocenters. The largest absolute Gasteiger partial charge is 0.489 e. The lowest BCUT2D eigenvalue weighted by Gasteiger charge is -2.18. The van der Waals surface area contributed by atoms with E-state index in [0.29, 0.717) is 18.6 Å². The lowest BCUT2D eigenvalue weighted by atomic mass is 10.1. The third-order valence-corrected chi connectivity index (χ3v) is 5.12. The predicted molar refractivity (Wildman–Crippen MR) is 119 cm³/mol. The van der Waals surface area contributed by atoms with Gasteiger partial charge in [-0.2, -0.15) is 0 Å². The second kappa shape index (κ2) is 12.3. The second-order valence-corrected chi connectivity index (χ2v) is 6.92. The van der Waals surface area contributed by atoms with E-state index in [0.717, 1.165) is 37.5 Å². The molecule has 2 unspecified atom stereocenters. The van der Waals surface area contributed by atoms with Crippen LogP contribution in [0.2, 0.25) is 0 Å². The Morgan fingerprint density at radius 3 is 2.43 bits per heavy atom. The SMILES string of the molecule is CCN(CC)CCNC1CC1c1ccc(OCc2cccc(F)c2)cc1.Cl.Cl. The Bertz CT molecular complexity index is 695. The molecule has 1 saturated carbocycles. The Labute approximate surface area is 180 Å². The van der Waals surface area contributed by atoms with E-state index in [-0.39, 0.29) is 30.6 Å². The van der Waals surface area contributed by atoms with E-state index in [1.54, 1.807) is 6.07 Å². The number of likely N-dealkylation sites (N-methyl/N-ethyl adjacent to an activating group) is 1. The van der Waals surface area contributed by atoms with Crippen LogP contribution in [0.4, 0.5) is 4.39 Å². The van der Waals surface area contributed by atoms with Crippen LogP contribution in [-0.4, -0.2) is 37.1 Å². The van der Waals surface area contributed by atoms with E-state index < -0.39 is 0 Å². The molecule has 0 aromatic heterocycles. The van der Waals surface area contributed by atoms with Gasteiger partial charge in [0, 0.05) is 25.0 Å². The van der Waals surface area contributed by atoms with Crippen LogP contribution < -0.4 is 10.1 Å². The van der Waals surface area contributed by atoms with Crippen molar-refractivity contribution in [3.63, 3.8) is 0 Å². The molecule has 0 radical (unpaired) electrons. The van der Waals surface area contributed by atoms with Crippen LogP contribution in [0.1, 0.15) is 37.3 Å². The van der Waals surface area contributed by atoms with Gasteiger partial charge in [0.05, 0.1) is 0 Å². The number of nitrogens with one attached hydrogen (secondary N) is 1. The Morgan fingerprint density at radius 2 is 1.79 bits per heavy atom. The average Bonchev–Trinajstić information content (AvgIpc) is 3.44. The Morgan fingerprint density at radius 1 is 1.07 bits per heavy atom. The van der Waals surface area contributed by atoms with Gasteiger partial charge in [0.15, 0.2) is 0 Å². The van der Waals surface area contributed by atoms with E-state index >= 15 is 0 Å². The van der Waals surface area contributed by atoms with Crippen LogP contribution in [0, 0.1) is 5.82 Å². The molecule has 1 aliphatic carbocycles. The topological polar surface area (TPSA) is 24.5 Å². The zero-order valence-corrected chi connectivity index (χ0v) is 18.2. The molecule has 1 fully saturated rings. The molecule has 1 aliphatic rings. The first-order valence-electron chi connectivity index (χ1n) is 9.62. The van der Waals surface area contributed by atoms with Crippen molar-refractivity contribution in [1.29, 1.82) is 0 Å². The molecule has 0 spiro atoms. The van der Waals surface area contributed by atoms with E-state index in [2.05, 4.69) is 36.2 Å². The number of hydrogen-bond donors (Lipinski definition) is 1. The van der Waals surface area contributed by atoms with E-state index in [9.17, 15) is 4.39 Å². The molecule has 3 rings (SSSR count). The molecular formula is C22H31Cl2FN2O. The van der Waals surface area contributed by atoms with E-state index in [4.69, 9.17) is 4.74 Å². The van der Waals surface area contributed by atoms with Crippen LogP contribution in [-0.2, 0) is 6.61 Å². The minimum Gasteiger partial charge on any atom is -0.489 e. The smallest absolute Gasteiger partial charge is 0.123 e. The first kappa shape index (κ1) is 24.7. The zero-order chi connectivity index (χ0) is 18.4. The minimum absolute atomic E-state index is 0. The van der Waals surface area contributed by atoms with Gasteiger partial charge in [-0.05, 0) is 54.9 Å². The summed E-state index contributed by atoms with van der Waals surface area (Å²) in [7, 11) is 0. The van der Waals surface area contributed by atoms with Crippen LogP contribution in [0.3, 0.4) is 0 Å². The van der Waals surface area contributed by atoms with Crippen LogP contribution in [0.5, 0.6) is 5.75 Å². The van der Waals surface area contributed by atoms with Gasteiger partial charge in [0.25, 0.3) is 0 Å². The van der Waals surface area contributed by atoms with Gasteiger partial charge in [-0.1, -0.05) is 38.1 Å².